The molecule has 1 amide bonds. The van der Waals surface area contributed by atoms with Crippen LogP contribution in [0.3, 0.4) is 0 Å². The second-order valence-corrected chi connectivity index (χ2v) is 6.70. The zero-order chi connectivity index (χ0) is 16.4. The first kappa shape index (κ1) is 16.1. The predicted octanol–water partition coefficient (Wildman–Crippen LogP) is 2.35. The lowest BCUT2D eigenvalue weighted by molar-refractivity contribution is -0.154. The summed E-state index contributed by atoms with van der Waals surface area (Å²) in [5, 5.41) is 3.46. The summed E-state index contributed by atoms with van der Waals surface area (Å²) in [6.07, 6.45) is 2.82. The molecule has 1 aromatic rings. The van der Waals surface area contributed by atoms with Crippen molar-refractivity contribution >= 4 is 23.5 Å². The van der Waals surface area contributed by atoms with Gasteiger partial charge in [-0.2, -0.15) is 0 Å². The Balaban J connectivity index is 1.48. The molecular formula is C17H20ClNO4. The normalized spacial score (nSPS) is 20.9. The van der Waals surface area contributed by atoms with Crippen LogP contribution < -0.4 is 10.1 Å². The Hall–Kier alpha value is -1.75. The molecule has 0 radical (unpaired) electrons. The van der Waals surface area contributed by atoms with E-state index in [-0.39, 0.29) is 25.2 Å². The summed E-state index contributed by atoms with van der Waals surface area (Å²) < 4.78 is 10.7. The lowest BCUT2D eigenvalue weighted by atomic mass is 9.97. The molecule has 1 aliphatic heterocycles. The third-order valence-electron chi connectivity index (χ3n) is 4.33. The number of rotatable bonds is 5. The Morgan fingerprint density at radius 3 is 2.96 bits per heavy atom. The van der Waals surface area contributed by atoms with Crippen molar-refractivity contribution in [2.75, 3.05) is 13.2 Å². The van der Waals surface area contributed by atoms with Gasteiger partial charge in [0.1, 0.15) is 12.4 Å². The summed E-state index contributed by atoms with van der Waals surface area (Å²) in [6.45, 7) is 2.00. The molecule has 1 aliphatic carbocycles. The van der Waals surface area contributed by atoms with Crippen molar-refractivity contribution < 1.29 is 19.1 Å². The molecule has 124 valence electrons. The molecule has 0 aromatic heterocycles. The van der Waals surface area contributed by atoms with Gasteiger partial charge in [0.05, 0.1) is 5.92 Å². The van der Waals surface area contributed by atoms with E-state index in [4.69, 9.17) is 21.1 Å². The van der Waals surface area contributed by atoms with Crippen LogP contribution in [0.2, 0.25) is 5.02 Å². The minimum absolute atomic E-state index is 0.147. The first-order chi connectivity index (χ1) is 11.0. The molecule has 1 aromatic carbocycles. The second-order valence-electron chi connectivity index (χ2n) is 6.27. The lowest BCUT2D eigenvalue weighted by Crippen LogP contribution is -2.38. The van der Waals surface area contributed by atoms with E-state index in [2.05, 4.69) is 5.32 Å². The maximum absolute atomic E-state index is 12.1. The Kier molecular flexibility index (Phi) is 4.76. The third kappa shape index (κ3) is 4.16. The van der Waals surface area contributed by atoms with Crippen LogP contribution in [0.15, 0.2) is 18.2 Å². The zero-order valence-corrected chi connectivity index (χ0v) is 13.8. The molecule has 1 N–H and O–H groups in total. The first-order valence-corrected chi connectivity index (χ1v) is 8.28. The van der Waals surface area contributed by atoms with Crippen LogP contribution in [-0.4, -0.2) is 31.1 Å². The van der Waals surface area contributed by atoms with E-state index in [1.165, 1.54) is 0 Å². The van der Waals surface area contributed by atoms with Gasteiger partial charge in [-0.3, -0.25) is 9.59 Å². The zero-order valence-electron chi connectivity index (χ0n) is 13.0. The van der Waals surface area contributed by atoms with E-state index in [9.17, 15) is 9.59 Å². The molecular weight excluding hydrogens is 318 g/mol. The molecule has 23 heavy (non-hydrogen) atoms. The van der Waals surface area contributed by atoms with Crippen LogP contribution in [0.25, 0.3) is 0 Å². The lowest BCUT2D eigenvalue weighted by Gasteiger charge is -2.24. The fraction of sp³-hybridized carbons (Fsp3) is 0.529. The molecule has 1 saturated carbocycles. The highest BCUT2D eigenvalue weighted by Crippen LogP contribution is 2.32. The topological polar surface area (TPSA) is 64.6 Å². The number of nitrogens with one attached hydrogen (secondary N) is 1. The van der Waals surface area contributed by atoms with Crippen LogP contribution >= 0.6 is 11.6 Å². The maximum Gasteiger partial charge on any atom is 0.313 e. The van der Waals surface area contributed by atoms with Crippen LogP contribution in [0.5, 0.6) is 5.75 Å². The van der Waals surface area contributed by atoms with Crippen LogP contribution in [0.4, 0.5) is 0 Å². The molecule has 6 heteroatoms. The third-order valence-corrected chi connectivity index (χ3v) is 4.56. The predicted molar refractivity (Wildman–Crippen MR) is 85.4 cm³/mol. The van der Waals surface area contributed by atoms with E-state index >= 15 is 0 Å². The fourth-order valence-corrected chi connectivity index (χ4v) is 2.97. The number of hydrogen-bond acceptors (Lipinski definition) is 4. The molecule has 2 atom stereocenters. The molecule has 5 nitrogen and oxygen atoms in total. The smallest absolute Gasteiger partial charge is 0.313 e. The van der Waals surface area contributed by atoms with E-state index in [1.54, 1.807) is 18.2 Å². The van der Waals surface area contributed by atoms with Gasteiger partial charge in [-0.1, -0.05) is 11.6 Å². The van der Waals surface area contributed by atoms with Crippen molar-refractivity contribution in [1.82, 2.24) is 5.32 Å². The van der Waals surface area contributed by atoms with Crippen molar-refractivity contribution in [3.8, 4) is 5.75 Å². The number of halogens is 1. The molecule has 2 aliphatic rings. The van der Waals surface area contributed by atoms with Gasteiger partial charge in [-0.15, -0.1) is 0 Å². The average Bonchev–Trinajstić information content (AvgIpc) is 3.36. The highest BCUT2D eigenvalue weighted by Gasteiger charge is 2.30. The molecule has 0 saturated heterocycles. The first-order valence-electron chi connectivity index (χ1n) is 7.90. The van der Waals surface area contributed by atoms with Gasteiger partial charge < -0.3 is 14.8 Å². The highest BCUT2D eigenvalue weighted by atomic mass is 35.5. The number of benzene rings is 1. The minimum Gasteiger partial charge on any atom is -0.492 e. The SMILES string of the molecule is C[C@H](NC(=O)COC(=O)[C@@H]1COc2ccc(Cl)cc2C1)C1CC1. The summed E-state index contributed by atoms with van der Waals surface area (Å²) in [7, 11) is 0. The highest BCUT2D eigenvalue weighted by molar-refractivity contribution is 6.30. The summed E-state index contributed by atoms with van der Waals surface area (Å²) in [5.74, 6) is 0.245. The van der Waals surface area contributed by atoms with Crippen molar-refractivity contribution in [3.05, 3.63) is 28.8 Å². The molecule has 0 spiro atoms. The van der Waals surface area contributed by atoms with E-state index in [0.29, 0.717) is 17.4 Å². The minimum atomic E-state index is -0.412. The quantitative estimate of drug-likeness (QED) is 0.838. The number of amides is 1. The molecule has 1 fully saturated rings. The summed E-state index contributed by atoms with van der Waals surface area (Å²) in [6, 6.07) is 5.49. The van der Waals surface area contributed by atoms with Gasteiger partial charge in [-0.05, 0) is 55.9 Å². The molecule has 0 unspecified atom stereocenters. The summed E-state index contributed by atoms with van der Waals surface area (Å²) in [4.78, 5) is 23.9. The molecule has 3 rings (SSSR count). The Morgan fingerprint density at radius 1 is 1.43 bits per heavy atom. The van der Waals surface area contributed by atoms with Crippen LogP contribution in [0.1, 0.15) is 25.3 Å². The molecule has 1 heterocycles. The van der Waals surface area contributed by atoms with Gasteiger partial charge in [0.2, 0.25) is 0 Å². The molecule has 0 bridgehead atoms. The Morgan fingerprint density at radius 2 is 2.22 bits per heavy atom. The van der Waals surface area contributed by atoms with Crippen molar-refractivity contribution in [2.24, 2.45) is 11.8 Å². The van der Waals surface area contributed by atoms with Gasteiger partial charge in [0.15, 0.2) is 6.61 Å². The van der Waals surface area contributed by atoms with Gasteiger partial charge in [0, 0.05) is 11.1 Å². The maximum atomic E-state index is 12.1. The average molecular weight is 338 g/mol. The summed E-state index contributed by atoms with van der Waals surface area (Å²) >= 11 is 5.96. The monoisotopic (exact) mass is 337 g/mol. The standard InChI is InChI=1S/C17H20ClNO4/c1-10(11-2-3-11)19-16(20)9-23-17(21)13-6-12-7-14(18)4-5-15(12)22-8-13/h4-5,7,10-11,13H,2-3,6,8-9H2,1H3,(H,19,20)/t10-,13-/m0/s1. The van der Waals surface area contributed by atoms with E-state index in [1.807, 2.05) is 6.92 Å². The number of fused-ring (bicyclic) bond motifs is 1. The van der Waals surface area contributed by atoms with Crippen molar-refractivity contribution in [1.29, 1.82) is 0 Å². The van der Waals surface area contributed by atoms with Gasteiger partial charge in [-0.25, -0.2) is 0 Å². The number of esters is 1. The number of ether oxygens (including phenoxy) is 2. The fourth-order valence-electron chi connectivity index (χ4n) is 2.78. The van der Waals surface area contributed by atoms with Crippen LogP contribution in [-0.2, 0) is 20.7 Å². The van der Waals surface area contributed by atoms with Gasteiger partial charge in [0.25, 0.3) is 5.91 Å². The van der Waals surface area contributed by atoms with Crippen LogP contribution in [0, 0.1) is 11.8 Å². The van der Waals surface area contributed by atoms with Crippen molar-refractivity contribution in [3.63, 3.8) is 0 Å². The Labute approximate surface area is 140 Å². The van der Waals surface area contributed by atoms with E-state index in [0.717, 1.165) is 24.2 Å². The number of carbonyl (C=O) groups excluding carboxylic acids is 2. The second kappa shape index (κ2) is 6.79. The van der Waals surface area contributed by atoms with Gasteiger partial charge >= 0.3 is 5.97 Å². The number of hydrogen-bond donors (Lipinski definition) is 1. The van der Waals surface area contributed by atoms with E-state index < -0.39 is 11.9 Å². The summed E-state index contributed by atoms with van der Waals surface area (Å²) in [5.41, 5.74) is 0.887. The largest absolute Gasteiger partial charge is 0.492 e. The number of carbonyl (C=O) groups is 2. The van der Waals surface area contributed by atoms with Crippen molar-refractivity contribution in [2.45, 2.75) is 32.2 Å². The Bertz CT molecular complexity index is 615.